The monoisotopic (exact) mass is 595 g/mol. The van der Waals surface area contributed by atoms with Crippen LogP contribution in [0.5, 0.6) is 0 Å². The van der Waals surface area contributed by atoms with Crippen molar-refractivity contribution in [3.05, 3.63) is 57.0 Å². The molecule has 1 aliphatic rings. The predicted octanol–water partition coefficient (Wildman–Crippen LogP) is 2.69. The largest absolute Gasteiger partial charge is 0.478 e. The summed E-state index contributed by atoms with van der Waals surface area (Å²) >= 11 is 1.33. The second-order valence-electron chi connectivity index (χ2n) is 11.6. The number of anilines is 2. The molecule has 12 nitrogen and oxygen atoms in total. The minimum Gasteiger partial charge on any atom is -0.478 e. The molecule has 13 heteroatoms. The number of hydrogen-bond acceptors (Lipinski definition) is 9. The van der Waals surface area contributed by atoms with Gasteiger partial charge < -0.3 is 20.2 Å². The van der Waals surface area contributed by atoms with Crippen LogP contribution in [0.25, 0.3) is 11.7 Å². The van der Waals surface area contributed by atoms with Crippen LogP contribution in [0.15, 0.2) is 34.6 Å². The maximum atomic E-state index is 13.6. The van der Waals surface area contributed by atoms with Crippen molar-refractivity contribution in [3.63, 3.8) is 0 Å². The van der Waals surface area contributed by atoms with Crippen LogP contribution in [0.2, 0.25) is 0 Å². The van der Waals surface area contributed by atoms with Gasteiger partial charge >= 0.3 is 5.97 Å². The van der Waals surface area contributed by atoms with E-state index in [1.807, 2.05) is 50.0 Å². The molecule has 4 heterocycles. The lowest BCUT2D eigenvalue weighted by atomic mass is 9.93. The molecule has 4 rings (SSSR count). The number of amides is 2. The second-order valence-corrected chi connectivity index (χ2v) is 12.4. The fraction of sp³-hybridized carbons (Fsp3) is 0.448. The molecule has 3 aromatic rings. The zero-order valence-electron chi connectivity index (χ0n) is 24.5. The van der Waals surface area contributed by atoms with E-state index in [0.717, 1.165) is 11.8 Å². The minimum atomic E-state index is -1.20. The average molecular weight is 596 g/mol. The number of hydrogen-bond donors (Lipinski definition) is 3. The summed E-state index contributed by atoms with van der Waals surface area (Å²) in [5, 5.41) is 17.4. The quantitative estimate of drug-likeness (QED) is 0.318. The Morgan fingerprint density at radius 1 is 1.24 bits per heavy atom. The summed E-state index contributed by atoms with van der Waals surface area (Å²) in [5.41, 5.74) is 0.836. The van der Waals surface area contributed by atoms with E-state index in [4.69, 9.17) is 4.98 Å². The molecule has 0 aromatic carbocycles. The van der Waals surface area contributed by atoms with Crippen molar-refractivity contribution in [1.82, 2.24) is 24.6 Å². The molecule has 0 saturated carbocycles. The molecule has 42 heavy (non-hydrogen) atoms. The molecule has 0 aliphatic carbocycles. The van der Waals surface area contributed by atoms with Crippen molar-refractivity contribution in [2.75, 3.05) is 50.5 Å². The van der Waals surface area contributed by atoms with Crippen molar-refractivity contribution in [2.45, 2.75) is 39.0 Å². The Bertz CT molecular complexity index is 1570. The molecule has 1 saturated heterocycles. The summed E-state index contributed by atoms with van der Waals surface area (Å²) < 4.78 is 1.28. The number of thiazole rings is 1. The fourth-order valence-electron chi connectivity index (χ4n) is 4.60. The third-order valence-corrected chi connectivity index (χ3v) is 7.70. The van der Waals surface area contributed by atoms with Crippen LogP contribution in [0, 0.1) is 5.92 Å². The van der Waals surface area contributed by atoms with Crippen LogP contribution in [0.3, 0.4) is 0 Å². The topological polar surface area (TPSA) is 149 Å². The van der Waals surface area contributed by atoms with Crippen LogP contribution in [0.1, 0.15) is 55.2 Å². The number of fused-ring (bicyclic) bond motifs is 1. The van der Waals surface area contributed by atoms with Gasteiger partial charge in [-0.25, -0.2) is 14.8 Å². The molecular weight excluding hydrogens is 558 g/mol. The Labute approximate surface area is 248 Å². The maximum absolute atomic E-state index is 13.6. The first-order valence-electron chi connectivity index (χ1n) is 13.8. The Hall–Kier alpha value is -4.10. The number of piperidine rings is 1. The fourth-order valence-corrected chi connectivity index (χ4v) is 5.53. The molecule has 2 amide bonds. The number of carboxylic acids is 1. The summed E-state index contributed by atoms with van der Waals surface area (Å²) in [7, 11) is 3.86. The minimum absolute atomic E-state index is 0.0718. The van der Waals surface area contributed by atoms with E-state index < -0.39 is 17.4 Å². The SMILES string of the molecule is CN(C)CCNC(=O)C1CCCN(c2nc3cc(C(=O)Nc4nc(C(C)(C)C)cs4)ccn3c(=O)c2/C=C/C(=O)O)C1. The van der Waals surface area contributed by atoms with Gasteiger partial charge in [-0.05, 0) is 45.1 Å². The summed E-state index contributed by atoms with van der Waals surface area (Å²) in [4.78, 5) is 63.9. The number of carboxylic acid groups (broad SMARTS) is 1. The standard InChI is InChI=1S/C29H37N7O5S/c1-29(2,3)21-17-42-28(31-21)33-26(40)18-10-13-36-22(15-18)32-24(20(27(36)41)8-9-23(37)38)35-12-6-7-19(16-35)25(39)30-11-14-34(4)5/h8-10,13,15,17,19H,6-7,11-12,14,16H2,1-5H3,(H,30,39)(H,37,38)(H,31,33,40)/b9-8+. The van der Waals surface area contributed by atoms with E-state index in [9.17, 15) is 24.3 Å². The summed E-state index contributed by atoms with van der Waals surface area (Å²) in [6.45, 7) is 8.22. The molecule has 3 N–H and O–H groups in total. The van der Waals surface area contributed by atoms with Gasteiger partial charge in [-0.2, -0.15) is 0 Å². The molecule has 1 atom stereocenters. The second kappa shape index (κ2) is 12.8. The van der Waals surface area contributed by atoms with E-state index in [1.165, 1.54) is 40.1 Å². The Morgan fingerprint density at radius 2 is 2.00 bits per heavy atom. The molecule has 0 spiro atoms. The van der Waals surface area contributed by atoms with Gasteiger partial charge in [0.25, 0.3) is 11.5 Å². The number of aromatic nitrogens is 3. The number of nitrogens with one attached hydrogen (secondary N) is 2. The maximum Gasteiger partial charge on any atom is 0.328 e. The molecule has 224 valence electrons. The van der Waals surface area contributed by atoms with Gasteiger partial charge in [-0.3, -0.25) is 24.1 Å². The van der Waals surface area contributed by atoms with E-state index in [0.29, 0.717) is 44.2 Å². The summed E-state index contributed by atoms with van der Waals surface area (Å²) in [6, 6.07) is 3.02. The van der Waals surface area contributed by atoms with E-state index in [2.05, 4.69) is 15.6 Å². The third-order valence-electron chi connectivity index (χ3n) is 6.94. The van der Waals surface area contributed by atoms with Gasteiger partial charge in [0.1, 0.15) is 11.5 Å². The van der Waals surface area contributed by atoms with Crippen LogP contribution >= 0.6 is 11.3 Å². The van der Waals surface area contributed by atoms with Crippen LogP contribution < -0.4 is 21.1 Å². The van der Waals surface area contributed by atoms with E-state index in [1.54, 1.807) is 0 Å². The molecule has 0 radical (unpaired) electrons. The molecule has 1 unspecified atom stereocenters. The van der Waals surface area contributed by atoms with Crippen molar-refractivity contribution in [3.8, 4) is 0 Å². The van der Waals surface area contributed by atoms with Gasteiger partial charge in [0.2, 0.25) is 5.91 Å². The molecular formula is C29H37N7O5S. The number of nitrogens with zero attached hydrogens (tertiary/aromatic N) is 5. The van der Waals surface area contributed by atoms with Crippen molar-refractivity contribution in [2.24, 2.45) is 5.92 Å². The zero-order chi connectivity index (χ0) is 30.6. The smallest absolute Gasteiger partial charge is 0.328 e. The lowest BCUT2D eigenvalue weighted by Crippen LogP contribution is -2.45. The first kappa shape index (κ1) is 30.8. The average Bonchev–Trinajstić information content (AvgIpc) is 3.41. The third kappa shape index (κ3) is 7.39. The van der Waals surface area contributed by atoms with Gasteiger partial charge in [-0.1, -0.05) is 20.8 Å². The Kier molecular flexibility index (Phi) is 9.42. The highest BCUT2D eigenvalue weighted by Crippen LogP contribution is 2.27. The Balaban J connectivity index is 1.66. The van der Waals surface area contributed by atoms with Gasteiger partial charge in [0, 0.05) is 54.8 Å². The zero-order valence-corrected chi connectivity index (χ0v) is 25.3. The molecule has 1 fully saturated rings. The predicted molar refractivity (Wildman–Crippen MR) is 163 cm³/mol. The van der Waals surface area contributed by atoms with E-state index >= 15 is 0 Å². The van der Waals surface area contributed by atoms with Crippen LogP contribution in [-0.4, -0.2) is 82.4 Å². The number of carbonyl (C=O) groups excluding carboxylic acids is 2. The van der Waals surface area contributed by atoms with Crippen molar-refractivity contribution >= 4 is 51.8 Å². The highest BCUT2D eigenvalue weighted by molar-refractivity contribution is 7.14. The number of likely N-dealkylation sites (N-methyl/N-ethyl adjacent to an activating group) is 1. The normalized spacial score (nSPS) is 15.9. The molecule has 1 aliphatic heterocycles. The number of pyridine rings is 1. The summed E-state index contributed by atoms with van der Waals surface area (Å²) in [6.07, 6.45) is 4.96. The van der Waals surface area contributed by atoms with Gasteiger partial charge in [0.05, 0.1) is 17.2 Å². The number of carbonyl (C=O) groups is 3. The lowest BCUT2D eigenvalue weighted by molar-refractivity contribution is -0.131. The highest BCUT2D eigenvalue weighted by Gasteiger charge is 2.29. The molecule has 0 bridgehead atoms. The van der Waals surface area contributed by atoms with Crippen molar-refractivity contribution in [1.29, 1.82) is 0 Å². The van der Waals surface area contributed by atoms with Gasteiger partial charge in [-0.15, -0.1) is 11.3 Å². The number of rotatable bonds is 9. The van der Waals surface area contributed by atoms with E-state index in [-0.39, 0.29) is 39.8 Å². The lowest BCUT2D eigenvalue weighted by Gasteiger charge is -2.33. The van der Waals surface area contributed by atoms with Crippen molar-refractivity contribution < 1.29 is 19.5 Å². The number of aliphatic carboxylic acids is 1. The highest BCUT2D eigenvalue weighted by atomic mass is 32.1. The first-order chi connectivity index (χ1) is 19.8. The van der Waals surface area contributed by atoms with Crippen LogP contribution in [0.4, 0.5) is 10.9 Å². The van der Waals surface area contributed by atoms with Gasteiger partial charge in [0.15, 0.2) is 5.13 Å². The molecule has 3 aromatic heterocycles. The Morgan fingerprint density at radius 3 is 2.67 bits per heavy atom. The first-order valence-corrected chi connectivity index (χ1v) is 14.6. The van der Waals surface area contributed by atoms with Crippen LogP contribution in [-0.2, 0) is 15.0 Å². The summed E-state index contributed by atoms with van der Waals surface area (Å²) in [5.74, 6) is -1.71.